The molecule has 0 saturated carbocycles. The summed E-state index contributed by atoms with van der Waals surface area (Å²) in [4.78, 5) is 0. The van der Waals surface area contributed by atoms with E-state index in [0.717, 1.165) is 6.54 Å². The molecule has 18 heavy (non-hydrogen) atoms. The molecular weight excluding hydrogens is 238 g/mol. The highest BCUT2D eigenvalue weighted by molar-refractivity contribution is 7.99. The maximum atomic E-state index is 3.67. The summed E-state index contributed by atoms with van der Waals surface area (Å²) in [5, 5.41) is 4.31. The maximum absolute atomic E-state index is 3.67. The standard InChI is InChI=1S/C16H27NS/c1-5-12-18-16(13(3)4)15(17-6-2)14-10-8-7-9-11-14/h7-11,13,15-17H,5-6,12H2,1-4H3. The zero-order valence-electron chi connectivity index (χ0n) is 12.1. The fraction of sp³-hybridized carbons (Fsp3) is 0.625. The summed E-state index contributed by atoms with van der Waals surface area (Å²) >= 11 is 2.11. The molecule has 0 aliphatic carbocycles. The minimum Gasteiger partial charge on any atom is -0.309 e. The molecule has 0 spiro atoms. The van der Waals surface area contributed by atoms with Crippen molar-refractivity contribution < 1.29 is 0 Å². The van der Waals surface area contributed by atoms with Gasteiger partial charge in [0, 0.05) is 11.3 Å². The first-order valence-corrected chi connectivity index (χ1v) is 8.15. The smallest absolute Gasteiger partial charge is 0.0443 e. The van der Waals surface area contributed by atoms with Crippen molar-refractivity contribution >= 4 is 11.8 Å². The van der Waals surface area contributed by atoms with Crippen molar-refractivity contribution in [1.29, 1.82) is 0 Å². The number of nitrogens with one attached hydrogen (secondary N) is 1. The van der Waals surface area contributed by atoms with Crippen LogP contribution in [-0.4, -0.2) is 17.5 Å². The highest BCUT2D eigenvalue weighted by atomic mass is 32.2. The van der Waals surface area contributed by atoms with Gasteiger partial charge in [-0.15, -0.1) is 0 Å². The number of hydrogen-bond donors (Lipinski definition) is 1. The van der Waals surface area contributed by atoms with Crippen molar-refractivity contribution in [3.8, 4) is 0 Å². The van der Waals surface area contributed by atoms with E-state index in [1.807, 2.05) is 0 Å². The molecule has 2 atom stereocenters. The second-order valence-electron chi connectivity index (χ2n) is 5.03. The van der Waals surface area contributed by atoms with Crippen LogP contribution in [0.25, 0.3) is 0 Å². The van der Waals surface area contributed by atoms with Gasteiger partial charge in [-0.2, -0.15) is 11.8 Å². The van der Waals surface area contributed by atoms with Gasteiger partial charge in [0.25, 0.3) is 0 Å². The van der Waals surface area contributed by atoms with Crippen molar-refractivity contribution in [2.24, 2.45) is 5.92 Å². The molecule has 102 valence electrons. The molecule has 0 aromatic heterocycles. The van der Waals surface area contributed by atoms with Gasteiger partial charge in [0.15, 0.2) is 0 Å². The monoisotopic (exact) mass is 265 g/mol. The van der Waals surface area contributed by atoms with Gasteiger partial charge in [0.2, 0.25) is 0 Å². The summed E-state index contributed by atoms with van der Waals surface area (Å²) in [5.41, 5.74) is 1.42. The van der Waals surface area contributed by atoms with Crippen LogP contribution in [0.5, 0.6) is 0 Å². The summed E-state index contributed by atoms with van der Waals surface area (Å²) in [6.07, 6.45) is 1.25. The average Bonchev–Trinajstić information content (AvgIpc) is 2.38. The Hall–Kier alpha value is -0.470. The third-order valence-electron chi connectivity index (χ3n) is 3.08. The minimum atomic E-state index is 0.466. The van der Waals surface area contributed by atoms with Gasteiger partial charge in [0.1, 0.15) is 0 Å². The molecule has 0 amide bonds. The Morgan fingerprint density at radius 2 is 1.78 bits per heavy atom. The molecule has 0 fully saturated rings. The fourth-order valence-electron chi connectivity index (χ4n) is 2.23. The van der Waals surface area contributed by atoms with Crippen LogP contribution in [0.4, 0.5) is 0 Å². The topological polar surface area (TPSA) is 12.0 Å². The molecule has 0 bridgehead atoms. The Balaban J connectivity index is 2.86. The molecule has 1 nitrogen and oxygen atoms in total. The number of thioether (sulfide) groups is 1. The van der Waals surface area contributed by atoms with Crippen LogP contribution < -0.4 is 5.32 Å². The summed E-state index contributed by atoms with van der Waals surface area (Å²) in [5.74, 6) is 1.93. The van der Waals surface area contributed by atoms with Gasteiger partial charge in [-0.05, 0) is 30.2 Å². The number of hydrogen-bond acceptors (Lipinski definition) is 2. The van der Waals surface area contributed by atoms with E-state index >= 15 is 0 Å². The first kappa shape index (κ1) is 15.6. The van der Waals surface area contributed by atoms with Gasteiger partial charge in [-0.25, -0.2) is 0 Å². The second kappa shape index (κ2) is 8.60. The van der Waals surface area contributed by atoms with Crippen molar-refractivity contribution in [1.82, 2.24) is 5.32 Å². The van der Waals surface area contributed by atoms with Crippen LogP contribution in [0.15, 0.2) is 30.3 Å². The third kappa shape index (κ3) is 4.66. The third-order valence-corrected chi connectivity index (χ3v) is 4.93. The summed E-state index contributed by atoms with van der Waals surface area (Å²) in [6.45, 7) is 10.1. The highest BCUT2D eigenvalue weighted by Crippen LogP contribution is 2.32. The lowest BCUT2D eigenvalue weighted by molar-refractivity contribution is 0.453. The second-order valence-corrected chi connectivity index (χ2v) is 6.31. The SMILES string of the molecule is CCCSC(C(C)C)C(NCC)c1ccccc1. The Morgan fingerprint density at radius 1 is 1.11 bits per heavy atom. The molecule has 1 rings (SSSR count). The van der Waals surface area contributed by atoms with Gasteiger partial charge < -0.3 is 5.32 Å². The molecule has 2 heteroatoms. The van der Waals surface area contributed by atoms with E-state index in [-0.39, 0.29) is 0 Å². The molecule has 0 radical (unpaired) electrons. The zero-order chi connectivity index (χ0) is 13.4. The Bertz CT molecular complexity index is 310. The lowest BCUT2D eigenvalue weighted by Crippen LogP contribution is -2.33. The maximum Gasteiger partial charge on any atom is 0.0443 e. The molecule has 2 unspecified atom stereocenters. The van der Waals surface area contributed by atoms with Crippen molar-refractivity contribution in [3.05, 3.63) is 35.9 Å². The fourth-order valence-corrected chi connectivity index (χ4v) is 3.57. The van der Waals surface area contributed by atoms with Crippen LogP contribution >= 0.6 is 11.8 Å². The van der Waals surface area contributed by atoms with Gasteiger partial charge >= 0.3 is 0 Å². The zero-order valence-corrected chi connectivity index (χ0v) is 13.0. The average molecular weight is 265 g/mol. The highest BCUT2D eigenvalue weighted by Gasteiger charge is 2.25. The van der Waals surface area contributed by atoms with Crippen molar-refractivity contribution in [2.45, 2.75) is 45.4 Å². The van der Waals surface area contributed by atoms with Crippen LogP contribution in [0.1, 0.15) is 45.7 Å². The van der Waals surface area contributed by atoms with Crippen molar-refractivity contribution in [3.63, 3.8) is 0 Å². The molecule has 1 aromatic rings. The number of benzene rings is 1. The molecular formula is C16H27NS. The van der Waals surface area contributed by atoms with Crippen LogP contribution in [0.3, 0.4) is 0 Å². The minimum absolute atomic E-state index is 0.466. The van der Waals surface area contributed by atoms with E-state index in [0.29, 0.717) is 17.2 Å². The first-order chi connectivity index (χ1) is 8.70. The Kier molecular flexibility index (Phi) is 7.45. The normalized spacial score (nSPS) is 14.7. The number of rotatable bonds is 8. The van der Waals surface area contributed by atoms with E-state index in [1.54, 1.807) is 0 Å². The van der Waals surface area contributed by atoms with E-state index in [9.17, 15) is 0 Å². The summed E-state index contributed by atoms with van der Waals surface area (Å²) < 4.78 is 0. The molecule has 0 heterocycles. The molecule has 0 saturated heterocycles. The van der Waals surface area contributed by atoms with Gasteiger partial charge in [-0.3, -0.25) is 0 Å². The summed E-state index contributed by atoms with van der Waals surface area (Å²) in [6, 6.07) is 11.3. The summed E-state index contributed by atoms with van der Waals surface area (Å²) in [7, 11) is 0. The molecule has 0 aliphatic rings. The largest absolute Gasteiger partial charge is 0.309 e. The first-order valence-electron chi connectivity index (χ1n) is 7.10. The predicted octanol–water partition coefficient (Wildman–Crippen LogP) is 4.51. The molecule has 1 N–H and O–H groups in total. The van der Waals surface area contributed by atoms with E-state index in [1.165, 1.54) is 17.7 Å². The Morgan fingerprint density at radius 3 is 2.28 bits per heavy atom. The lowest BCUT2D eigenvalue weighted by Gasteiger charge is -2.31. The van der Waals surface area contributed by atoms with E-state index in [4.69, 9.17) is 0 Å². The molecule has 1 aromatic carbocycles. The van der Waals surface area contributed by atoms with E-state index < -0.39 is 0 Å². The molecule has 0 aliphatic heterocycles. The predicted molar refractivity (Wildman–Crippen MR) is 84.2 cm³/mol. The van der Waals surface area contributed by atoms with Crippen LogP contribution in [0, 0.1) is 5.92 Å². The quantitative estimate of drug-likeness (QED) is 0.742. The van der Waals surface area contributed by atoms with Crippen LogP contribution in [0.2, 0.25) is 0 Å². The Labute approximate surface area is 117 Å². The van der Waals surface area contributed by atoms with E-state index in [2.05, 4.69) is 75.1 Å². The lowest BCUT2D eigenvalue weighted by atomic mass is 9.96. The van der Waals surface area contributed by atoms with Crippen LogP contribution in [-0.2, 0) is 0 Å². The van der Waals surface area contributed by atoms with Gasteiger partial charge in [-0.1, -0.05) is 58.0 Å². The van der Waals surface area contributed by atoms with Crippen molar-refractivity contribution in [2.75, 3.05) is 12.3 Å². The van der Waals surface area contributed by atoms with Gasteiger partial charge in [0.05, 0.1) is 0 Å².